The third-order valence-corrected chi connectivity index (χ3v) is 3.42. The van der Waals surface area contributed by atoms with E-state index < -0.39 is 24.2 Å². The molecule has 0 spiro atoms. The molecule has 6 heteroatoms. The van der Waals surface area contributed by atoms with Gasteiger partial charge >= 0.3 is 5.97 Å². The summed E-state index contributed by atoms with van der Waals surface area (Å²) in [5.41, 5.74) is 0. The molecule has 1 saturated carbocycles. The second kappa shape index (κ2) is 6.30. The number of esters is 1. The maximum atomic E-state index is 13.3. The summed E-state index contributed by atoms with van der Waals surface area (Å²) in [4.78, 5) is 24.9. The molecule has 0 saturated heterocycles. The molecule has 0 N–H and O–H groups in total. The summed E-state index contributed by atoms with van der Waals surface area (Å²) in [5.74, 6) is -4.38. The summed E-state index contributed by atoms with van der Waals surface area (Å²) < 4.78 is 31.2. The molecule has 1 aliphatic rings. The van der Waals surface area contributed by atoms with Crippen LogP contribution in [0, 0.1) is 5.92 Å². The Hall–Kier alpha value is -1.20. The molecule has 0 radical (unpaired) electrons. The Morgan fingerprint density at radius 1 is 1.42 bits per heavy atom. The molecule has 110 valence electrons. The molecule has 0 aromatic rings. The van der Waals surface area contributed by atoms with Gasteiger partial charge in [0, 0.05) is 24.8 Å². The van der Waals surface area contributed by atoms with Gasteiger partial charge in [0.25, 0.3) is 0 Å². The highest BCUT2D eigenvalue weighted by Crippen LogP contribution is 2.37. The molecule has 0 aromatic carbocycles. The zero-order chi connectivity index (χ0) is 14.6. The van der Waals surface area contributed by atoms with E-state index in [-0.39, 0.29) is 24.9 Å². The molecular weight excluding hydrogens is 256 g/mol. The number of ether oxygens (including phenoxy) is 1. The minimum Gasteiger partial charge on any atom is -0.468 e. The number of carbonyl (C=O) groups excluding carboxylic acids is 2. The van der Waals surface area contributed by atoms with Gasteiger partial charge in [-0.3, -0.25) is 9.59 Å². The van der Waals surface area contributed by atoms with Crippen molar-refractivity contribution in [1.29, 1.82) is 0 Å². The van der Waals surface area contributed by atoms with Gasteiger partial charge in [-0.1, -0.05) is 0 Å². The molecule has 1 atom stereocenters. The number of nitrogens with zero attached hydrogens (tertiary/aromatic N) is 1. The molecule has 1 rings (SSSR count). The molecule has 4 nitrogen and oxygen atoms in total. The standard InChI is InChI=1S/C13H21F2NO3/c1-9(2)16(8-11(17)19-3)12(18)10-5-4-6-13(14,15)7-10/h9-10H,4-8H2,1-3H3. The van der Waals surface area contributed by atoms with Crippen LogP contribution in [0.25, 0.3) is 0 Å². The van der Waals surface area contributed by atoms with E-state index in [0.717, 1.165) is 0 Å². The lowest BCUT2D eigenvalue weighted by Gasteiger charge is -2.34. The van der Waals surface area contributed by atoms with Crippen molar-refractivity contribution in [3.63, 3.8) is 0 Å². The van der Waals surface area contributed by atoms with Gasteiger partial charge in [-0.2, -0.15) is 0 Å². The normalized spacial score (nSPS) is 22.1. The predicted octanol–water partition coefficient (Wildman–Crippen LogP) is 2.22. The highest BCUT2D eigenvalue weighted by molar-refractivity contribution is 5.84. The maximum absolute atomic E-state index is 13.3. The lowest BCUT2D eigenvalue weighted by atomic mass is 9.85. The molecule has 1 unspecified atom stereocenters. The summed E-state index contributed by atoms with van der Waals surface area (Å²) in [6.45, 7) is 3.32. The second-order valence-corrected chi connectivity index (χ2v) is 5.29. The number of hydrogen-bond acceptors (Lipinski definition) is 3. The highest BCUT2D eigenvalue weighted by atomic mass is 19.3. The summed E-state index contributed by atoms with van der Waals surface area (Å²) in [5, 5.41) is 0. The third kappa shape index (κ3) is 4.44. The highest BCUT2D eigenvalue weighted by Gasteiger charge is 2.41. The van der Waals surface area contributed by atoms with Gasteiger partial charge in [0.2, 0.25) is 11.8 Å². The first kappa shape index (κ1) is 15.9. The molecule has 1 amide bonds. The number of hydrogen-bond donors (Lipinski definition) is 0. The number of halogens is 2. The van der Waals surface area contributed by atoms with Gasteiger partial charge in [0.05, 0.1) is 7.11 Å². The molecule has 1 fully saturated rings. The Bertz CT molecular complexity index is 345. The van der Waals surface area contributed by atoms with Gasteiger partial charge in [-0.25, -0.2) is 8.78 Å². The van der Waals surface area contributed by atoms with E-state index in [1.165, 1.54) is 12.0 Å². The fraction of sp³-hybridized carbons (Fsp3) is 0.846. The molecule has 0 aromatic heterocycles. The second-order valence-electron chi connectivity index (χ2n) is 5.29. The van der Waals surface area contributed by atoms with Crippen molar-refractivity contribution >= 4 is 11.9 Å². The number of amides is 1. The minimum absolute atomic E-state index is 0.157. The topological polar surface area (TPSA) is 46.6 Å². The van der Waals surface area contributed by atoms with Crippen molar-refractivity contribution in [3.8, 4) is 0 Å². The summed E-state index contributed by atoms with van der Waals surface area (Å²) in [6.07, 6.45) is 0.220. The average Bonchev–Trinajstić information content (AvgIpc) is 2.33. The SMILES string of the molecule is COC(=O)CN(C(=O)C1CCCC(F)(F)C1)C(C)C. The molecule has 19 heavy (non-hydrogen) atoms. The fourth-order valence-corrected chi connectivity index (χ4v) is 2.34. The van der Waals surface area contributed by atoms with Crippen molar-refractivity contribution in [2.75, 3.05) is 13.7 Å². The summed E-state index contributed by atoms with van der Waals surface area (Å²) in [6, 6.07) is -0.220. The number of carbonyl (C=O) groups is 2. The molecule has 1 aliphatic carbocycles. The summed E-state index contributed by atoms with van der Waals surface area (Å²) in [7, 11) is 1.24. The first-order valence-corrected chi connectivity index (χ1v) is 6.52. The van der Waals surface area contributed by atoms with Crippen LogP contribution in [0.5, 0.6) is 0 Å². The van der Waals surface area contributed by atoms with Crippen LogP contribution in [0.4, 0.5) is 8.78 Å². The molecular formula is C13H21F2NO3. The Kier molecular flexibility index (Phi) is 5.26. The van der Waals surface area contributed by atoms with Crippen molar-refractivity contribution in [1.82, 2.24) is 4.90 Å². The predicted molar refractivity (Wildman–Crippen MR) is 65.8 cm³/mol. The maximum Gasteiger partial charge on any atom is 0.325 e. The van der Waals surface area contributed by atoms with Gasteiger partial charge in [0.1, 0.15) is 6.54 Å². The van der Waals surface area contributed by atoms with Crippen LogP contribution in [0.3, 0.4) is 0 Å². The number of alkyl halides is 2. The third-order valence-electron chi connectivity index (χ3n) is 3.42. The summed E-state index contributed by atoms with van der Waals surface area (Å²) >= 11 is 0. The number of rotatable bonds is 4. The van der Waals surface area contributed by atoms with Gasteiger partial charge in [-0.15, -0.1) is 0 Å². The van der Waals surface area contributed by atoms with Crippen molar-refractivity contribution in [2.45, 2.75) is 51.5 Å². The van der Waals surface area contributed by atoms with Crippen LogP contribution < -0.4 is 0 Å². The van der Waals surface area contributed by atoms with Crippen molar-refractivity contribution < 1.29 is 23.1 Å². The van der Waals surface area contributed by atoms with Crippen molar-refractivity contribution in [2.24, 2.45) is 5.92 Å². The van der Waals surface area contributed by atoms with E-state index in [2.05, 4.69) is 4.74 Å². The van der Waals surface area contributed by atoms with Gasteiger partial charge in [0.15, 0.2) is 0 Å². The van der Waals surface area contributed by atoms with Crippen LogP contribution in [0.15, 0.2) is 0 Å². The zero-order valence-electron chi connectivity index (χ0n) is 11.6. The van der Waals surface area contributed by atoms with E-state index in [9.17, 15) is 18.4 Å². The van der Waals surface area contributed by atoms with Crippen LogP contribution in [-0.4, -0.2) is 42.4 Å². The first-order valence-electron chi connectivity index (χ1n) is 6.52. The molecule has 0 bridgehead atoms. The van der Waals surface area contributed by atoms with Gasteiger partial charge in [-0.05, 0) is 26.7 Å². The van der Waals surface area contributed by atoms with E-state index >= 15 is 0 Å². The van der Waals surface area contributed by atoms with Crippen LogP contribution in [-0.2, 0) is 14.3 Å². The molecule has 0 aliphatic heterocycles. The van der Waals surface area contributed by atoms with Crippen LogP contribution in [0.2, 0.25) is 0 Å². The monoisotopic (exact) mass is 277 g/mol. The van der Waals surface area contributed by atoms with Crippen LogP contribution >= 0.6 is 0 Å². The van der Waals surface area contributed by atoms with Crippen molar-refractivity contribution in [3.05, 3.63) is 0 Å². The lowest BCUT2D eigenvalue weighted by molar-refractivity contribution is -0.153. The van der Waals surface area contributed by atoms with E-state index in [0.29, 0.717) is 12.8 Å². The smallest absolute Gasteiger partial charge is 0.325 e. The van der Waals surface area contributed by atoms with E-state index in [1.807, 2.05) is 0 Å². The minimum atomic E-state index is -2.77. The Morgan fingerprint density at radius 3 is 2.53 bits per heavy atom. The number of methoxy groups -OCH3 is 1. The lowest BCUT2D eigenvalue weighted by Crippen LogP contribution is -2.46. The van der Waals surface area contributed by atoms with E-state index in [1.54, 1.807) is 13.8 Å². The average molecular weight is 277 g/mol. The molecule has 0 heterocycles. The first-order chi connectivity index (χ1) is 8.76. The van der Waals surface area contributed by atoms with Crippen LogP contribution in [0.1, 0.15) is 39.5 Å². The fourth-order valence-electron chi connectivity index (χ4n) is 2.34. The van der Waals surface area contributed by atoms with E-state index in [4.69, 9.17) is 0 Å². The Labute approximate surface area is 112 Å². The Balaban J connectivity index is 2.73. The largest absolute Gasteiger partial charge is 0.468 e. The Morgan fingerprint density at radius 2 is 2.05 bits per heavy atom. The zero-order valence-corrected chi connectivity index (χ0v) is 11.6. The quantitative estimate of drug-likeness (QED) is 0.740. The van der Waals surface area contributed by atoms with Gasteiger partial charge < -0.3 is 9.64 Å².